The predicted octanol–water partition coefficient (Wildman–Crippen LogP) is 4.05. The second-order valence-electron chi connectivity index (χ2n) is 7.94. The van der Waals surface area contributed by atoms with E-state index >= 15 is 0 Å². The lowest BCUT2D eigenvalue weighted by Crippen LogP contribution is -2.38. The van der Waals surface area contributed by atoms with E-state index in [4.69, 9.17) is 0 Å². The highest BCUT2D eigenvalue weighted by Gasteiger charge is 2.17. The first-order valence-electron chi connectivity index (χ1n) is 10.5. The van der Waals surface area contributed by atoms with Crippen molar-refractivity contribution >= 4 is 22.3 Å². The van der Waals surface area contributed by atoms with Gasteiger partial charge in [-0.15, -0.1) is 0 Å². The van der Waals surface area contributed by atoms with Gasteiger partial charge in [0.25, 0.3) is 5.56 Å². The summed E-state index contributed by atoms with van der Waals surface area (Å²) < 4.78 is 0. The van der Waals surface area contributed by atoms with Gasteiger partial charge >= 0.3 is 0 Å². The van der Waals surface area contributed by atoms with Gasteiger partial charge < -0.3 is 20.3 Å². The molecule has 3 aromatic rings. The zero-order chi connectivity index (χ0) is 20.2. The number of hydrogen-bond donors (Lipinski definition) is 3. The van der Waals surface area contributed by atoms with Gasteiger partial charge in [-0.1, -0.05) is 19.4 Å². The monoisotopic (exact) mass is 391 g/mol. The lowest BCUT2D eigenvalue weighted by molar-refractivity contribution is 0.154. The van der Waals surface area contributed by atoms with E-state index in [0.717, 1.165) is 60.1 Å². The van der Waals surface area contributed by atoms with E-state index in [-0.39, 0.29) is 11.7 Å². The van der Waals surface area contributed by atoms with Gasteiger partial charge in [0.1, 0.15) is 0 Å². The summed E-state index contributed by atoms with van der Waals surface area (Å²) in [4.78, 5) is 17.6. The van der Waals surface area contributed by atoms with Crippen molar-refractivity contribution in [3.8, 4) is 0 Å². The number of H-pyrrole nitrogens is 1. The lowest BCUT2D eigenvalue weighted by atomic mass is 10.1. The number of rotatable bonds is 6. The Morgan fingerprint density at radius 2 is 2.00 bits per heavy atom. The third kappa shape index (κ3) is 4.62. The fourth-order valence-electron chi connectivity index (χ4n) is 4.05. The molecule has 2 heterocycles. The van der Waals surface area contributed by atoms with E-state index in [1.807, 2.05) is 24.3 Å². The molecule has 0 aliphatic carbocycles. The Bertz CT molecular complexity index is 1030. The lowest BCUT2D eigenvalue weighted by Gasteiger charge is -2.32. The van der Waals surface area contributed by atoms with Crippen molar-refractivity contribution < 1.29 is 5.11 Å². The number of pyridine rings is 1. The first-order chi connectivity index (χ1) is 14.1. The third-order valence-corrected chi connectivity index (χ3v) is 5.64. The van der Waals surface area contributed by atoms with E-state index in [0.29, 0.717) is 13.1 Å². The van der Waals surface area contributed by atoms with E-state index < -0.39 is 0 Å². The minimum absolute atomic E-state index is 0.0489. The number of nitrogens with one attached hydrogen (secondary N) is 2. The number of aromatic nitrogens is 1. The molecule has 29 heavy (non-hydrogen) atoms. The summed E-state index contributed by atoms with van der Waals surface area (Å²) in [5, 5.41) is 14.3. The number of benzene rings is 2. The van der Waals surface area contributed by atoms with Crippen LogP contribution in [-0.4, -0.2) is 29.3 Å². The molecule has 0 amide bonds. The van der Waals surface area contributed by atoms with Crippen LogP contribution in [0.4, 0.5) is 11.4 Å². The number of aliphatic hydroxyl groups is 1. The number of fused-ring (bicyclic) bond motifs is 1. The molecule has 4 rings (SSSR count). The molecule has 1 aromatic heterocycles. The largest absolute Gasteiger partial charge is 0.391 e. The number of β-amino-alcohol motifs (C(OH)–C–C–N with tert-alkyl or cyclic N) is 1. The molecule has 1 aliphatic heterocycles. The molecular weight excluding hydrogens is 362 g/mol. The molecule has 1 aliphatic rings. The normalized spacial score (nSPS) is 16.9. The van der Waals surface area contributed by atoms with Gasteiger partial charge in [-0.3, -0.25) is 4.79 Å². The van der Waals surface area contributed by atoms with Gasteiger partial charge in [-0.05, 0) is 72.7 Å². The zero-order valence-electron chi connectivity index (χ0n) is 16.9. The van der Waals surface area contributed by atoms with Crippen molar-refractivity contribution in [3.63, 3.8) is 0 Å². The minimum Gasteiger partial charge on any atom is -0.391 e. The Hall–Kier alpha value is -2.79. The Morgan fingerprint density at radius 3 is 2.76 bits per heavy atom. The Morgan fingerprint density at radius 1 is 1.17 bits per heavy atom. The topological polar surface area (TPSA) is 68.4 Å². The van der Waals surface area contributed by atoms with E-state index in [1.54, 1.807) is 0 Å². The molecule has 0 bridgehead atoms. The van der Waals surface area contributed by atoms with Gasteiger partial charge in [0.05, 0.1) is 6.10 Å². The smallest absolute Gasteiger partial charge is 0.253 e. The summed E-state index contributed by atoms with van der Waals surface area (Å²) in [5.41, 5.74) is 4.96. The van der Waals surface area contributed by atoms with Crippen LogP contribution in [0.5, 0.6) is 0 Å². The van der Waals surface area contributed by atoms with Gasteiger partial charge in [-0.2, -0.15) is 0 Å². The number of aromatic amines is 1. The molecule has 1 fully saturated rings. The molecular formula is C24H29N3O2. The molecule has 1 atom stereocenters. The highest BCUT2D eigenvalue weighted by Crippen LogP contribution is 2.22. The highest BCUT2D eigenvalue weighted by molar-refractivity contribution is 5.79. The van der Waals surface area contributed by atoms with Crippen LogP contribution < -0.4 is 15.8 Å². The molecule has 5 heteroatoms. The van der Waals surface area contributed by atoms with Gasteiger partial charge in [-0.25, -0.2) is 0 Å². The van der Waals surface area contributed by atoms with Gasteiger partial charge in [0.2, 0.25) is 0 Å². The van der Waals surface area contributed by atoms with E-state index in [1.165, 1.54) is 5.56 Å². The maximum Gasteiger partial charge on any atom is 0.253 e. The molecule has 0 saturated carbocycles. The quantitative estimate of drug-likeness (QED) is 0.593. The third-order valence-electron chi connectivity index (χ3n) is 5.64. The predicted molar refractivity (Wildman–Crippen MR) is 120 cm³/mol. The Balaban J connectivity index is 1.46. The first kappa shape index (κ1) is 19.5. The fraction of sp³-hybridized carbons (Fsp3) is 0.375. The second kappa shape index (κ2) is 8.70. The minimum atomic E-state index is -0.237. The molecule has 2 aromatic carbocycles. The number of aliphatic hydroxyl groups excluding tert-OH is 1. The molecule has 5 nitrogen and oxygen atoms in total. The summed E-state index contributed by atoms with van der Waals surface area (Å²) >= 11 is 0. The Kier molecular flexibility index (Phi) is 5.86. The van der Waals surface area contributed by atoms with Crippen LogP contribution in [0.1, 0.15) is 37.3 Å². The standard InChI is InChI=1S/C24H29N3O2/c1-2-4-17-6-11-23-18(13-17)14-19(24(29)26-23)15-25-20-7-9-21(10-8-20)27-12-3-5-22(28)16-27/h6-11,13-14,22,25,28H,2-5,12,15-16H2,1H3,(H,26,29)/t22-/m0/s1. The van der Waals surface area contributed by atoms with Crippen molar-refractivity contribution in [2.45, 2.75) is 45.3 Å². The number of hydrogen-bond acceptors (Lipinski definition) is 4. The zero-order valence-corrected chi connectivity index (χ0v) is 16.9. The molecule has 152 valence electrons. The summed E-state index contributed by atoms with van der Waals surface area (Å²) in [6.07, 6.45) is 3.82. The van der Waals surface area contributed by atoms with Crippen LogP contribution in [0.15, 0.2) is 53.3 Å². The van der Waals surface area contributed by atoms with Crippen LogP contribution in [0.2, 0.25) is 0 Å². The average Bonchev–Trinajstić information content (AvgIpc) is 2.73. The molecule has 3 N–H and O–H groups in total. The van der Waals surface area contributed by atoms with Crippen molar-refractivity contribution in [1.82, 2.24) is 4.98 Å². The van der Waals surface area contributed by atoms with Crippen LogP contribution in [0, 0.1) is 0 Å². The molecule has 1 saturated heterocycles. The SMILES string of the molecule is CCCc1ccc2[nH]c(=O)c(CNc3ccc(N4CCC[C@H](O)C4)cc3)cc2c1. The fourth-order valence-corrected chi connectivity index (χ4v) is 4.05. The maximum atomic E-state index is 12.4. The molecule has 0 unspecified atom stereocenters. The molecule has 0 radical (unpaired) electrons. The van der Waals surface area contributed by atoms with Crippen LogP contribution in [-0.2, 0) is 13.0 Å². The van der Waals surface area contributed by atoms with Crippen LogP contribution >= 0.6 is 0 Å². The summed E-state index contributed by atoms with van der Waals surface area (Å²) in [7, 11) is 0. The highest BCUT2D eigenvalue weighted by atomic mass is 16.3. The van der Waals surface area contributed by atoms with Crippen molar-refractivity contribution in [2.24, 2.45) is 0 Å². The summed E-state index contributed by atoms with van der Waals surface area (Å²) in [6.45, 7) is 4.33. The number of anilines is 2. The van der Waals surface area contributed by atoms with Crippen molar-refractivity contribution in [3.05, 3.63) is 70.0 Å². The van der Waals surface area contributed by atoms with Crippen molar-refractivity contribution in [2.75, 3.05) is 23.3 Å². The first-order valence-corrected chi connectivity index (χ1v) is 10.5. The number of piperidine rings is 1. The molecule has 0 spiro atoms. The van der Waals surface area contributed by atoms with Gasteiger partial charge in [0, 0.05) is 42.1 Å². The van der Waals surface area contributed by atoms with Crippen LogP contribution in [0.3, 0.4) is 0 Å². The number of aryl methyl sites for hydroxylation is 1. The summed E-state index contributed by atoms with van der Waals surface area (Å²) in [6, 6.07) is 16.4. The second-order valence-corrected chi connectivity index (χ2v) is 7.94. The number of nitrogens with zero attached hydrogens (tertiary/aromatic N) is 1. The van der Waals surface area contributed by atoms with E-state index in [9.17, 15) is 9.90 Å². The van der Waals surface area contributed by atoms with E-state index in [2.05, 4.69) is 46.4 Å². The van der Waals surface area contributed by atoms with Crippen molar-refractivity contribution in [1.29, 1.82) is 0 Å². The Labute approximate surface area is 171 Å². The summed E-state index contributed by atoms with van der Waals surface area (Å²) in [5.74, 6) is 0. The van der Waals surface area contributed by atoms with Gasteiger partial charge in [0.15, 0.2) is 0 Å². The van der Waals surface area contributed by atoms with Crippen LogP contribution in [0.25, 0.3) is 10.9 Å². The average molecular weight is 392 g/mol. The maximum absolute atomic E-state index is 12.4.